The third-order valence-electron chi connectivity index (χ3n) is 3.36. The van der Waals surface area contributed by atoms with E-state index in [0.29, 0.717) is 12.5 Å². The normalized spacial score (nSPS) is 10.5. The number of hydrogen-bond donors (Lipinski definition) is 2. The molecule has 0 saturated carbocycles. The molecule has 2 rings (SSSR count). The summed E-state index contributed by atoms with van der Waals surface area (Å²) in [6.07, 6.45) is 1.01. The van der Waals surface area contributed by atoms with E-state index >= 15 is 0 Å². The van der Waals surface area contributed by atoms with Gasteiger partial charge in [-0.25, -0.2) is 0 Å². The molecule has 0 unspecified atom stereocenters. The van der Waals surface area contributed by atoms with Crippen LogP contribution in [0.5, 0.6) is 5.75 Å². The molecule has 0 atom stereocenters. The molecule has 0 heterocycles. The monoisotopic (exact) mass is 390 g/mol. The van der Waals surface area contributed by atoms with E-state index in [-0.39, 0.29) is 12.5 Å². The minimum atomic E-state index is -0.102. The molecule has 2 N–H and O–H groups in total. The first kappa shape index (κ1) is 18.3. The highest BCUT2D eigenvalue weighted by atomic mass is 79.9. The Bertz CT molecular complexity index is 674. The van der Waals surface area contributed by atoms with Gasteiger partial charge in [0.25, 0.3) is 0 Å². The van der Waals surface area contributed by atoms with Crippen LogP contribution in [0.15, 0.2) is 53.0 Å². The van der Waals surface area contributed by atoms with Gasteiger partial charge in [0.2, 0.25) is 5.91 Å². The summed E-state index contributed by atoms with van der Waals surface area (Å²) in [6, 6.07) is 15.2. The van der Waals surface area contributed by atoms with Crippen molar-refractivity contribution in [2.24, 2.45) is 5.92 Å². The van der Waals surface area contributed by atoms with Crippen molar-refractivity contribution in [3.05, 3.63) is 53.0 Å². The van der Waals surface area contributed by atoms with Gasteiger partial charge in [0, 0.05) is 21.9 Å². The molecule has 4 nitrogen and oxygen atoms in total. The van der Waals surface area contributed by atoms with Gasteiger partial charge in [-0.3, -0.25) is 4.79 Å². The predicted octanol–water partition coefficient (Wildman–Crippen LogP) is 4.92. The van der Waals surface area contributed by atoms with E-state index in [9.17, 15) is 4.79 Å². The summed E-state index contributed by atoms with van der Waals surface area (Å²) in [6.45, 7) is 5.21. The van der Waals surface area contributed by atoms with Crippen LogP contribution in [0.25, 0.3) is 0 Å². The van der Waals surface area contributed by atoms with E-state index in [2.05, 4.69) is 40.4 Å². The van der Waals surface area contributed by atoms with Crippen LogP contribution >= 0.6 is 15.9 Å². The molecule has 0 aliphatic heterocycles. The second-order valence-electron chi connectivity index (χ2n) is 5.97. The van der Waals surface area contributed by atoms with Crippen molar-refractivity contribution in [2.45, 2.75) is 20.3 Å². The summed E-state index contributed by atoms with van der Waals surface area (Å²) < 4.78 is 6.68. The molecule has 0 saturated heterocycles. The molecule has 0 aliphatic rings. The molecule has 1 amide bonds. The molecular formula is C19H23BrN2O2. The maximum Gasteiger partial charge on any atom is 0.243 e. The first-order chi connectivity index (χ1) is 11.5. The van der Waals surface area contributed by atoms with Gasteiger partial charge in [0.1, 0.15) is 5.75 Å². The highest BCUT2D eigenvalue weighted by Crippen LogP contribution is 2.18. The van der Waals surface area contributed by atoms with Crippen LogP contribution in [0.1, 0.15) is 20.3 Å². The second-order valence-corrected chi connectivity index (χ2v) is 6.89. The van der Waals surface area contributed by atoms with Crippen molar-refractivity contribution in [3.63, 3.8) is 0 Å². The third kappa shape index (κ3) is 6.62. The molecule has 128 valence electrons. The molecule has 0 bridgehead atoms. The summed E-state index contributed by atoms with van der Waals surface area (Å²) in [5.74, 6) is 1.28. The molecule has 0 spiro atoms. The van der Waals surface area contributed by atoms with E-state index in [1.165, 1.54) is 0 Å². The Morgan fingerprint density at radius 3 is 2.62 bits per heavy atom. The molecule has 0 fully saturated rings. The Labute approximate surface area is 151 Å². The van der Waals surface area contributed by atoms with E-state index in [0.717, 1.165) is 28.0 Å². The van der Waals surface area contributed by atoms with Crippen molar-refractivity contribution < 1.29 is 9.53 Å². The van der Waals surface area contributed by atoms with Crippen molar-refractivity contribution in [3.8, 4) is 5.75 Å². The van der Waals surface area contributed by atoms with Gasteiger partial charge in [0.05, 0.1) is 13.2 Å². The quantitative estimate of drug-likeness (QED) is 0.671. The number of benzene rings is 2. The number of ether oxygens (including phenoxy) is 1. The summed E-state index contributed by atoms with van der Waals surface area (Å²) in [7, 11) is 0. The maximum absolute atomic E-state index is 12.1. The number of anilines is 2. The molecule has 5 heteroatoms. The Morgan fingerprint density at radius 1 is 1.12 bits per heavy atom. The van der Waals surface area contributed by atoms with Crippen LogP contribution < -0.4 is 15.4 Å². The molecule has 0 radical (unpaired) electrons. The summed E-state index contributed by atoms with van der Waals surface area (Å²) in [5.41, 5.74) is 1.63. The Kier molecular flexibility index (Phi) is 7.12. The Hall–Kier alpha value is -2.01. The SMILES string of the molecule is CC(C)CCOc1cccc(NC(=O)CNc2cccc(Br)c2)c1. The average molecular weight is 391 g/mol. The highest BCUT2D eigenvalue weighted by molar-refractivity contribution is 9.10. The molecule has 24 heavy (non-hydrogen) atoms. The topological polar surface area (TPSA) is 50.4 Å². The Morgan fingerprint density at radius 2 is 1.88 bits per heavy atom. The van der Waals surface area contributed by atoms with Gasteiger partial charge < -0.3 is 15.4 Å². The van der Waals surface area contributed by atoms with E-state index in [4.69, 9.17) is 4.74 Å². The van der Waals surface area contributed by atoms with E-state index in [1.54, 1.807) is 0 Å². The summed E-state index contributed by atoms with van der Waals surface area (Å²) in [4.78, 5) is 12.1. The number of rotatable bonds is 8. The van der Waals surface area contributed by atoms with Gasteiger partial charge in [0.15, 0.2) is 0 Å². The highest BCUT2D eigenvalue weighted by Gasteiger charge is 2.04. The fourth-order valence-corrected chi connectivity index (χ4v) is 2.46. The van der Waals surface area contributed by atoms with Crippen LogP contribution in [0, 0.1) is 5.92 Å². The average Bonchev–Trinajstić information content (AvgIpc) is 2.53. The predicted molar refractivity (Wildman–Crippen MR) is 103 cm³/mol. The van der Waals surface area contributed by atoms with Crippen molar-refractivity contribution in [1.29, 1.82) is 0 Å². The zero-order chi connectivity index (χ0) is 17.4. The largest absolute Gasteiger partial charge is 0.494 e. The van der Waals surface area contributed by atoms with E-state index < -0.39 is 0 Å². The fraction of sp³-hybridized carbons (Fsp3) is 0.316. The van der Waals surface area contributed by atoms with Crippen molar-refractivity contribution in [2.75, 3.05) is 23.8 Å². The standard InChI is InChI=1S/C19H23BrN2O2/c1-14(2)9-10-24-18-8-4-7-17(12-18)22-19(23)13-21-16-6-3-5-15(20)11-16/h3-8,11-12,14,21H,9-10,13H2,1-2H3,(H,22,23). The number of carbonyl (C=O) groups is 1. The van der Waals surface area contributed by atoms with Gasteiger partial charge in [-0.1, -0.05) is 41.9 Å². The minimum Gasteiger partial charge on any atom is -0.494 e. The second kappa shape index (κ2) is 9.33. The number of carbonyl (C=O) groups excluding carboxylic acids is 1. The van der Waals surface area contributed by atoms with Crippen LogP contribution in [-0.4, -0.2) is 19.1 Å². The summed E-state index contributed by atoms with van der Waals surface area (Å²) >= 11 is 3.41. The van der Waals surface area contributed by atoms with Gasteiger partial charge in [-0.2, -0.15) is 0 Å². The molecular weight excluding hydrogens is 368 g/mol. The summed E-state index contributed by atoms with van der Waals surface area (Å²) in [5, 5.41) is 5.97. The zero-order valence-corrected chi connectivity index (χ0v) is 15.6. The lowest BCUT2D eigenvalue weighted by atomic mass is 10.1. The fourth-order valence-electron chi connectivity index (χ4n) is 2.06. The minimum absolute atomic E-state index is 0.102. The zero-order valence-electron chi connectivity index (χ0n) is 14.0. The lowest BCUT2D eigenvalue weighted by Gasteiger charge is -2.11. The van der Waals surface area contributed by atoms with Crippen LogP contribution in [-0.2, 0) is 4.79 Å². The van der Waals surface area contributed by atoms with Crippen molar-refractivity contribution >= 4 is 33.2 Å². The number of halogens is 1. The number of nitrogens with one attached hydrogen (secondary N) is 2. The Balaban J connectivity index is 1.82. The van der Waals surface area contributed by atoms with Gasteiger partial charge >= 0.3 is 0 Å². The molecule has 0 aromatic heterocycles. The number of hydrogen-bond acceptors (Lipinski definition) is 3. The van der Waals surface area contributed by atoms with Gasteiger partial charge in [-0.15, -0.1) is 0 Å². The maximum atomic E-state index is 12.1. The van der Waals surface area contributed by atoms with E-state index in [1.807, 2.05) is 48.5 Å². The van der Waals surface area contributed by atoms with Crippen LogP contribution in [0.2, 0.25) is 0 Å². The van der Waals surface area contributed by atoms with Crippen LogP contribution in [0.4, 0.5) is 11.4 Å². The first-order valence-corrected chi connectivity index (χ1v) is 8.84. The molecule has 2 aromatic carbocycles. The smallest absolute Gasteiger partial charge is 0.243 e. The van der Waals surface area contributed by atoms with Crippen molar-refractivity contribution in [1.82, 2.24) is 0 Å². The molecule has 2 aromatic rings. The molecule has 0 aliphatic carbocycles. The van der Waals surface area contributed by atoms with Crippen LogP contribution in [0.3, 0.4) is 0 Å². The lowest BCUT2D eigenvalue weighted by Crippen LogP contribution is -2.21. The lowest BCUT2D eigenvalue weighted by molar-refractivity contribution is -0.114. The van der Waals surface area contributed by atoms with Gasteiger partial charge in [-0.05, 0) is 42.7 Å². The first-order valence-electron chi connectivity index (χ1n) is 8.05. The number of amides is 1. The third-order valence-corrected chi connectivity index (χ3v) is 3.85.